The van der Waals surface area contributed by atoms with Crippen molar-refractivity contribution in [1.82, 2.24) is 19.9 Å². The van der Waals surface area contributed by atoms with Crippen molar-refractivity contribution in [3.05, 3.63) is 66.0 Å². The topological polar surface area (TPSA) is 117 Å². The molecule has 3 heterocycles. The number of rotatable bonds is 5. The first-order valence-electron chi connectivity index (χ1n) is 10.0. The van der Waals surface area contributed by atoms with E-state index in [4.69, 9.17) is 5.73 Å². The van der Waals surface area contributed by atoms with Gasteiger partial charge in [0.1, 0.15) is 5.52 Å². The molecule has 2 unspecified atom stereocenters. The summed E-state index contributed by atoms with van der Waals surface area (Å²) in [5.74, 6) is 1.30. The molecule has 8 nitrogen and oxygen atoms in total. The maximum absolute atomic E-state index is 5.62. The minimum atomic E-state index is 0.0550. The normalized spacial score (nSPS) is 21.6. The van der Waals surface area contributed by atoms with Gasteiger partial charge in [-0.25, -0.2) is 9.98 Å². The van der Waals surface area contributed by atoms with E-state index in [-0.39, 0.29) is 6.04 Å². The second-order valence-corrected chi connectivity index (χ2v) is 7.20. The van der Waals surface area contributed by atoms with E-state index in [0.717, 1.165) is 17.6 Å². The first-order valence-corrected chi connectivity index (χ1v) is 10.0. The highest BCUT2D eigenvalue weighted by Gasteiger charge is 2.27. The number of aromatic amines is 1. The summed E-state index contributed by atoms with van der Waals surface area (Å²) in [6.07, 6.45) is 10.7. The first kappa shape index (κ1) is 18.4. The monoisotopic (exact) mass is 398 g/mol. The van der Waals surface area contributed by atoms with Crippen LogP contribution in [-0.4, -0.2) is 51.0 Å². The van der Waals surface area contributed by atoms with Crippen LogP contribution in [0.4, 0.5) is 11.8 Å². The molecule has 0 saturated carbocycles. The molecule has 0 spiro atoms. The van der Waals surface area contributed by atoms with Gasteiger partial charge in [-0.3, -0.25) is 4.99 Å². The number of aliphatic imine (C=N–C) groups is 2. The van der Waals surface area contributed by atoms with Gasteiger partial charge in [-0.05, 0) is 29.7 Å². The van der Waals surface area contributed by atoms with Gasteiger partial charge in [0.05, 0.1) is 18.1 Å². The Labute approximate surface area is 173 Å². The van der Waals surface area contributed by atoms with E-state index < -0.39 is 0 Å². The Bertz CT molecular complexity index is 1170. The molecule has 150 valence electrons. The average molecular weight is 398 g/mol. The van der Waals surface area contributed by atoms with Gasteiger partial charge in [0, 0.05) is 25.2 Å². The molecule has 30 heavy (non-hydrogen) atoms. The minimum absolute atomic E-state index is 0.0550. The Morgan fingerprint density at radius 3 is 2.97 bits per heavy atom. The molecule has 4 N–H and O–H groups in total. The molecule has 2 aliphatic rings. The predicted octanol–water partition coefficient (Wildman–Crippen LogP) is 2.92. The number of benzene rings is 1. The number of imidazole rings is 1. The fraction of sp³-hybridized carbons (Fsp3) is 0.227. The quantitative estimate of drug-likeness (QED) is 0.611. The highest BCUT2D eigenvalue weighted by Crippen LogP contribution is 2.35. The van der Waals surface area contributed by atoms with Gasteiger partial charge >= 0.3 is 0 Å². The molecule has 8 heteroatoms. The fourth-order valence-electron chi connectivity index (χ4n) is 3.85. The van der Waals surface area contributed by atoms with E-state index in [2.05, 4.69) is 71.7 Å². The van der Waals surface area contributed by atoms with Crippen LogP contribution in [0.3, 0.4) is 0 Å². The first-order chi connectivity index (χ1) is 14.8. The van der Waals surface area contributed by atoms with Crippen molar-refractivity contribution in [2.75, 3.05) is 18.4 Å². The lowest BCUT2D eigenvalue weighted by Gasteiger charge is -2.29. The molecule has 5 rings (SSSR count). The van der Waals surface area contributed by atoms with E-state index in [9.17, 15) is 0 Å². The molecule has 0 radical (unpaired) electrons. The van der Waals surface area contributed by atoms with Gasteiger partial charge in [-0.15, -0.1) is 0 Å². The fourth-order valence-corrected chi connectivity index (χ4v) is 3.85. The van der Waals surface area contributed by atoms with E-state index in [1.807, 2.05) is 18.4 Å². The Balaban J connectivity index is 1.51. The van der Waals surface area contributed by atoms with Crippen LogP contribution in [0.2, 0.25) is 0 Å². The Morgan fingerprint density at radius 1 is 1.20 bits per heavy atom. The number of allylic oxidation sites excluding steroid dienone is 2. The smallest absolute Gasteiger partial charge is 0.254 e. The maximum Gasteiger partial charge on any atom is 0.254 e. The molecular formula is C22H22N8. The molecule has 2 atom stereocenters. The second kappa shape index (κ2) is 8.00. The standard InChI is InChI=1S/C22H22N8/c23-9-11-25-20-19-21(27-13-26-19)30-22(29-20)28-15-6-7-18-17(12-15)16(8-10-24-18)14-4-2-1-3-5-14/h1-7,10,12-13,16,18H,8-9,11,23H2,(H2,25,26,27,29,30). The van der Waals surface area contributed by atoms with Gasteiger partial charge in [-0.2, -0.15) is 9.97 Å². The number of hydrogen-bond acceptors (Lipinski definition) is 7. The van der Waals surface area contributed by atoms with Crippen molar-refractivity contribution >= 4 is 34.9 Å². The number of fused-ring (bicyclic) bond motifs is 2. The van der Waals surface area contributed by atoms with Crippen molar-refractivity contribution in [3.63, 3.8) is 0 Å². The van der Waals surface area contributed by atoms with Crippen LogP contribution < -0.4 is 11.1 Å². The molecule has 1 aromatic carbocycles. The largest absolute Gasteiger partial charge is 0.367 e. The number of aromatic nitrogens is 4. The van der Waals surface area contributed by atoms with Gasteiger partial charge in [0.25, 0.3) is 5.95 Å². The minimum Gasteiger partial charge on any atom is -0.367 e. The van der Waals surface area contributed by atoms with Crippen molar-refractivity contribution < 1.29 is 0 Å². The Kier molecular flexibility index (Phi) is 4.90. The molecule has 2 aromatic heterocycles. The molecule has 0 fully saturated rings. The second-order valence-electron chi connectivity index (χ2n) is 7.20. The van der Waals surface area contributed by atoms with Crippen molar-refractivity contribution in [3.8, 4) is 0 Å². The highest BCUT2D eigenvalue weighted by atomic mass is 15.2. The van der Waals surface area contributed by atoms with E-state index in [1.54, 1.807) is 6.33 Å². The van der Waals surface area contributed by atoms with Crippen molar-refractivity contribution in [1.29, 1.82) is 0 Å². The van der Waals surface area contributed by atoms with Crippen LogP contribution in [0.5, 0.6) is 0 Å². The van der Waals surface area contributed by atoms with Crippen molar-refractivity contribution in [2.24, 2.45) is 15.7 Å². The summed E-state index contributed by atoms with van der Waals surface area (Å²) in [5, 5.41) is 3.21. The molecule has 1 aliphatic carbocycles. The third-order valence-corrected chi connectivity index (χ3v) is 5.26. The number of anilines is 1. The third-order valence-electron chi connectivity index (χ3n) is 5.26. The van der Waals surface area contributed by atoms with Crippen LogP contribution in [0, 0.1) is 0 Å². The number of H-pyrrole nitrogens is 1. The Morgan fingerprint density at radius 2 is 2.10 bits per heavy atom. The van der Waals surface area contributed by atoms with Crippen LogP contribution in [-0.2, 0) is 0 Å². The van der Waals surface area contributed by atoms with Crippen LogP contribution >= 0.6 is 0 Å². The average Bonchev–Trinajstić information content (AvgIpc) is 3.26. The van der Waals surface area contributed by atoms with Crippen LogP contribution in [0.15, 0.2) is 70.4 Å². The van der Waals surface area contributed by atoms with Gasteiger partial charge in [0.15, 0.2) is 11.5 Å². The summed E-state index contributed by atoms with van der Waals surface area (Å²) in [7, 11) is 0. The number of hydrogen-bond donors (Lipinski definition) is 3. The zero-order chi connectivity index (χ0) is 20.3. The molecule has 0 saturated heterocycles. The summed E-state index contributed by atoms with van der Waals surface area (Å²) < 4.78 is 0. The maximum atomic E-state index is 5.62. The lowest BCUT2D eigenvalue weighted by atomic mass is 9.80. The highest BCUT2D eigenvalue weighted by molar-refractivity contribution is 6.07. The molecular weight excluding hydrogens is 376 g/mol. The number of nitrogens with one attached hydrogen (secondary N) is 2. The zero-order valence-electron chi connectivity index (χ0n) is 16.4. The summed E-state index contributed by atoms with van der Waals surface area (Å²) in [6, 6.07) is 10.6. The van der Waals surface area contributed by atoms with Gasteiger partial charge in [-0.1, -0.05) is 36.4 Å². The van der Waals surface area contributed by atoms with E-state index >= 15 is 0 Å². The summed E-state index contributed by atoms with van der Waals surface area (Å²) in [5.41, 5.74) is 10.3. The lowest BCUT2D eigenvalue weighted by molar-refractivity contribution is 0.728. The van der Waals surface area contributed by atoms with E-state index in [0.29, 0.717) is 36.4 Å². The summed E-state index contributed by atoms with van der Waals surface area (Å²) in [4.78, 5) is 25.7. The predicted molar refractivity (Wildman–Crippen MR) is 120 cm³/mol. The van der Waals surface area contributed by atoms with Gasteiger partial charge in [0.2, 0.25) is 0 Å². The SMILES string of the molecule is NCCNc1nc(N=C2C=CC3N=CCC(c4ccccc4)C3=C2)nc2nc[nH]c12. The Hall–Kier alpha value is -3.65. The third kappa shape index (κ3) is 3.53. The number of nitrogens with two attached hydrogens (primary N) is 1. The summed E-state index contributed by atoms with van der Waals surface area (Å²) in [6.45, 7) is 1.10. The van der Waals surface area contributed by atoms with Gasteiger partial charge < -0.3 is 16.0 Å². The number of nitrogens with zero attached hydrogens (tertiary/aromatic N) is 5. The lowest BCUT2D eigenvalue weighted by Crippen LogP contribution is -2.22. The summed E-state index contributed by atoms with van der Waals surface area (Å²) >= 11 is 0. The van der Waals surface area contributed by atoms with Crippen LogP contribution in [0.1, 0.15) is 17.9 Å². The van der Waals surface area contributed by atoms with Crippen molar-refractivity contribution in [2.45, 2.75) is 18.4 Å². The zero-order valence-corrected chi connectivity index (χ0v) is 16.4. The van der Waals surface area contributed by atoms with Crippen LogP contribution in [0.25, 0.3) is 11.2 Å². The van der Waals surface area contributed by atoms with E-state index in [1.165, 1.54) is 11.1 Å². The molecule has 3 aromatic rings. The molecule has 1 aliphatic heterocycles. The molecule has 0 bridgehead atoms. The molecule has 0 amide bonds.